The van der Waals surface area contributed by atoms with Gasteiger partial charge in [-0.05, 0) is 25.1 Å². The maximum Gasteiger partial charge on any atom is 0.258 e. The summed E-state index contributed by atoms with van der Waals surface area (Å²) in [5.74, 6) is 3.96. The van der Waals surface area contributed by atoms with E-state index in [9.17, 15) is 9.18 Å². The number of aliphatic hydroxyl groups is 1. The molecule has 2 N–H and O–H groups in total. The summed E-state index contributed by atoms with van der Waals surface area (Å²) in [6.45, 7) is 1.42. The summed E-state index contributed by atoms with van der Waals surface area (Å²) in [6, 6.07) is 3.68. The minimum atomic E-state index is -0.543. The number of carbonyl (C=O) groups is 1. The highest BCUT2D eigenvalue weighted by Crippen LogP contribution is 2.17. The first-order valence-corrected chi connectivity index (χ1v) is 6.42. The molecule has 7 heteroatoms. The van der Waals surface area contributed by atoms with Crippen LogP contribution in [-0.4, -0.2) is 27.8 Å². The molecular weight excluding hydrogens is 281 g/mol. The van der Waals surface area contributed by atoms with Gasteiger partial charge in [-0.15, -0.1) is 10.2 Å². The lowest BCUT2D eigenvalue weighted by atomic mass is 10.1. The fourth-order valence-electron chi connectivity index (χ4n) is 1.46. The van der Waals surface area contributed by atoms with Crippen molar-refractivity contribution < 1.29 is 14.3 Å². The van der Waals surface area contributed by atoms with E-state index < -0.39 is 11.7 Å². The zero-order valence-corrected chi connectivity index (χ0v) is 11.3. The average molecular weight is 291 g/mol. The largest absolute Gasteiger partial charge is 0.384 e. The fourth-order valence-corrected chi connectivity index (χ4v) is 2.05. The standard InChI is InChI=1S/C13H10FN3O2S/c1-8-16-17-13(20-8)15-12(19)11-7-10(14)5-4-9(11)3-2-6-18/h4-5,7,18H,6H2,1H3,(H,15,17,19). The van der Waals surface area contributed by atoms with Gasteiger partial charge in [0.05, 0.1) is 5.56 Å². The van der Waals surface area contributed by atoms with Crippen molar-refractivity contribution in [2.45, 2.75) is 6.92 Å². The molecule has 5 nitrogen and oxygen atoms in total. The second kappa shape index (κ2) is 6.23. The van der Waals surface area contributed by atoms with E-state index in [1.54, 1.807) is 6.92 Å². The topological polar surface area (TPSA) is 75.1 Å². The Hall–Kier alpha value is -2.30. The van der Waals surface area contributed by atoms with Gasteiger partial charge in [-0.3, -0.25) is 10.1 Å². The molecule has 0 spiro atoms. The lowest BCUT2D eigenvalue weighted by Crippen LogP contribution is -2.13. The van der Waals surface area contributed by atoms with Gasteiger partial charge in [0.25, 0.3) is 5.91 Å². The predicted molar refractivity (Wildman–Crippen MR) is 73.0 cm³/mol. The van der Waals surface area contributed by atoms with Gasteiger partial charge in [0.2, 0.25) is 5.13 Å². The number of aliphatic hydroxyl groups excluding tert-OH is 1. The van der Waals surface area contributed by atoms with E-state index in [2.05, 4.69) is 27.4 Å². The van der Waals surface area contributed by atoms with E-state index in [0.717, 1.165) is 6.07 Å². The fraction of sp³-hybridized carbons (Fsp3) is 0.154. The van der Waals surface area contributed by atoms with Gasteiger partial charge in [-0.1, -0.05) is 23.2 Å². The second-order valence-corrected chi connectivity index (χ2v) is 4.91. The normalized spacial score (nSPS) is 9.75. The molecule has 1 aromatic heterocycles. The summed E-state index contributed by atoms with van der Waals surface area (Å²) in [6.07, 6.45) is 0. The van der Waals surface area contributed by atoms with Crippen LogP contribution in [0, 0.1) is 24.6 Å². The molecule has 0 bridgehead atoms. The Kier molecular flexibility index (Phi) is 4.40. The first-order valence-electron chi connectivity index (χ1n) is 5.61. The van der Waals surface area contributed by atoms with Crippen molar-refractivity contribution in [3.63, 3.8) is 0 Å². The summed E-state index contributed by atoms with van der Waals surface area (Å²) < 4.78 is 13.3. The Morgan fingerprint density at radius 2 is 2.30 bits per heavy atom. The quantitative estimate of drug-likeness (QED) is 0.824. The van der Waals surface area contributed by atoms with Crippen LogP contribution < -0.4 is 5.32 Å². The van der Waals surface area contributed by atoms with Crippen molar-refractivity contribution in [3.8, 4) is 11.8 Å². The van der Waals surface area contributed by atoms with Crippen LogP contribution >= 0.6 is 11.3 Å². The van der Waals surface area contributed by atoms with Gasteiger partial charge in [0.1, 0.15) is 17.4 Å². The smallest absolute Gasteiger partial charge is 0.258 e. The van der Waals surface area contributed by atoms with Crippen LogP contribution in [0.5, 0.6) is 0 Å². The van der Waals surface area contributed by atoms with Crippen molar-refractivity contribution in [1.29, 1.82) is 0 Å². The zero-order chi connectivity index (χ0) is 14.5. The lowest BCUT2D eigenvalue weighted by Gasteiger charge is -2.04. The van der Waals surface area contributed by atoms with E-state index in [4.69, 9.17) is 5.11 Å². The maximum absolute atomic E-state index is 13.3. The van der Waals surface area contributed by atoms with Gasteiger partial charge in [-0.2, -0.15) is 0 Å². The number of anilines is 1. The van der Waals surface area contributed by atoms with Crippen LogP contribution in [0.15, 0.2) is 18.2 Å². The lowest BCUT2D eigenvalue weighted by molar-refractivity contribution is 0.102. The molecule has 2 aromatic rings. The first kappa shape index (κ1) is 14.1. The molecular formula is C13H10FN3O2S. The van der Waals surface area contributed by atoms with Crippen molar-refractivity contribution in [2.24, 2.45) is 0 Å². The Balaban J connectivity index is 2.30. The van der Waals surface area contributed by atoms with Crippen LogP contribution in [0.4, 0.5) is 9.52 Å². The number of hydrogen-bond donors (Lipinski definition) is 2. The van der Waals surface area contributed by atoms with Crippen molar-refractivity contribution in [1.82, 2.24) is 10.2 Å². The Morgan fingerprint density at radius 3 is 2.95 bits per heavy atom. The van der Waals surface area contributed by atoms with Gasteiger partial charge in [0.15, 0.2) is 0 Å². The molecule has 0 radical (unpaired) electrons. The van der Waals surface area contributed by atoms with E-state index in [1.807, 2.05) is 0 Å². The molecule has 20 heavy (non-hydrogen) atoms. The van der Waals surface area contributed by atoms with Gasteiger partial charge in [-0.25, -0.2) is 4.39 Å². The molecule has 0 saturated carbocycles. The van der Waals surface area contributed by atoms with Crippen LogP contribution in [-0.2, 0) is 0 Å². The third kappa shape index (κ3) is 3.38. The molecule has 0 aliphatic heterocycles. The Bertz CT molecular complexity index is 703. The van der Waals surface area contributed by atoms with Gasteiger partial charge >= 0.3 is 0 Å². The molecule has 0 unspecified atom stereocenters. The van der Waals surface area contributed by atoms with Crippen LogP contribution in [0.25, 0.3) is 0 Å². The number of aryl methyl sites for hydroxylation is 1. The highest BCUT2D eigenvalue weighted by atomic mass is 32.1. The highest BCUT2D eigenvalue weighted by Gasteiger charge is 2.13. The van der Waals surface area contributed by atoms with Crippen molar-refractivity contribution in [2.75, 3.05) is 11.9 Å². The monoisotopic (exact) mass is 291 g/mol. The first-order chi connectivity index (χ1) is 9.60. The van der Waals surface area contributed by atoms with Crippen LogP contribution in [0.1, 0.15) is 20.9 Å². The SMILES string of the molecule is Cc1nnc(NC(=O)c2cc(F)ccc2C#CCO)s1. The van der Waals surface area contributed by atoms with E-state index in [-0.39, 0.29) is 12.2 Å². The number of aromatic nitrogens is 2. The maximum atomic E-state index is 13.3. The molecule has 2 rings (SSSR count). The Morgan fingerprint density at radius 1 is 1.50 bits per heavy atom. The number of carbonyl (C=O) groups excluding carboxylic acids is 1. The molecule has 102 valence electrons. The summed E-state index contributed by atoms with van der Waals surface area (Å²) in [5, 5.41) is 19.8. The highest BCUT2D eigenvalue weighted by molar-refractivity contribution is 7.15. The summed E-state index contributed by atoms with van der Waals surface area (Å²) in [5.41, 5.74) is 0.415. The molecule has 0 aliphatic rings. The zero-order valence-electron chi connectivity index (χ0n) is 10.5. The number of rotatable bonds is 2. The molecule has 0 aliphatic carbocycles. The molecule has 1 aromatic carbocycles. The van der Waals surface area contributed by atoms with Gasteiger partial charge < -0.3 is 5.11 Å². The minimum absolute atomic E-state index is 0.0822. The Labute approximate surface area is 118 Å². The number of amides is 1. The van der Waals surface area contributed by atoms with Gasteiger partial charge in [0, 0.05) is 5.56 Å². The number of nitrogens with one attached hydrogen (secondary N) is 1. The minimum Gasteiger partial charge on any atom is -0.384 e. The molecule has 0 fully saturated rings. The van der Waals surface area contributed by atoms with E-state index >= 15 is 0 Å². The van der Waals surface area contributed by atoms with Crippen LogP contribution in [0.3, 0.4) is 0 Å². The number of hydrogen-bond acceptors (Lipinski definition) is 5. The summed E-state index contributed by atoms with van der Waals surface area (Å²) in [7, 11) is 0. The van der Waals surface area contributed by atoms with Crippen molar-refractivity contribution >= 4 is 22.4 Å². The van der Waals surface area contributed by atoms with Crippen molar-refractivity contribution in [3.05, 3.63) is 40.2 Å². The number of halogens is 1. The summed E-state index contributed by atoms with van der Waals surface area (Å²) in [4.78, 5) is 12.1. The predicted octanol–water partition coefficient (Wildman–Crippen LogP) is 1.58. The molecule has 1 amide bonds. The molecule has 0 saturated heterocycles. The number of benzene rings is 1. The molecule has 0 atom stereocenters. The van der Waals surface area contributed by atoms with E-state index in [0.29, 0.717) is 15.7 Å². The van der Waals surface area contributed by atoms with E-state index in [1.165, 1.54) is 23.5 Å². The average Bonchev–Trinajstić information content (AvgIpc) is 2.82. The molecule has 1 heterocycles. The third-order valence-electron chi connectivity index (χ3n) is 2.27. The second-order valence-electron chi connectivity index (χ2n) is 3.73. The third-order valence-corrected chi connectivity index (χ3v) is 3.03. The number of nitrogens with zero attached hydrogens (tertiary/aromatic N) is 2. The summed E-state index contributed by atoms with van der Waals surface area (Å²) >= 11 is 1.21. The van der Waals surface area contributed by atoms with Crippen LogP contribution in [0.2, 0.25) is 0 Å².